The summed E-state index contributed by atoms with van der Waals surface area (Å²) in [7, 11) is 1.28. The molecule has 5 nitrogen and oxygen atoms in total. The SMILES string of the molecule is COC(=O)c1ccc(-n2cc(N)c(C(F)F)n2)cc1. The van der Waals surface area contributed by atoms with Crippen molar-refractivity contribution in [3.63, 3.8) is 0 Å². The third-order valence-electron chi connectivity index (χ3n) is 2.53. The number of carbonyl (C=O) groups excluding carboxylic acids is 1. The van der Waals surface area contributed by atoms with Gasteiger partial charge in [-0.25, -0.2) is 18.3 Å². The smallest absolute Gasteiger partial charge is 0.337 e. The van der Waals surface area contributed by atoms with Crippen molar-refractivity contribution in [1.29, 1.82) is 0 Å². The van der Waals surface area contributed by atoms with Crippen LogP contribution < -0.4 is 5.73 Å². The summed E-state index contributed by atoms with van der Waals surface area (Å²) >= 11 is 0. The molecule has 0 radical (unpaired) electrons. The molecule has 1 aromatic carbocycles. The highest BCUT2D eigenvalue weighted by Crippen LogP contribution is 2.24. The molecular weight excluding hydrogens is 256 g/mol. The van der Waals surface area contributed by atoms with Crippen molar-refractivity contribution in [3.8, 4) is 5.69 Å². The first-order valence-corrected chi connectivity index (χ1v) is 5.35. The molecule has 0 saturated carbocycles. The third kappa shape index (κ3) is 2.54. The van der Waals surface area contributed by atoms with Crippen molar-refractivity contribution in [2.24, 2.45) is 0 Å². The topological polar surface area (TPSA) is 70.1 Å². The van der Waals surface area contributed by atoms with Gasteiger partial charge in [0.1, 0.15) is 0 Å². The Morgan fingerprint density at radius 3 is 2.47 bits per heavy atom. The summed E-state index contributed by atoms with van der Waals surface area (Å²) in [6.07, 6.45) is -1.43. The van der Waals surface area contributed by atoms with Gasteiger partial charge in [0.15, 0.2) is 5.69 Å². The Labute approximate surface area is 107 Å². The Morgan fingerprint density at radius 2 is 2.00 bits per heavy atom. The van der Waals surface area contributed by atoms with Crippen LogP contribution in [0.5, 0.6) is 0 Å². The zero-order valence-corrected chi connectivity index (χ0v) is 10.0. The van der Waals surface area contributed by atoms with E-state index in [4.69, 9.17) is 5.73 Å². The zero-order chi connectivity index (χ0) is 14.0. The lowest BCUT2D eigenvalue weighted by Gasteiger charge is -2.03. The highest BCUT2D eigenvalue weighted by Gasteiger charge is 2.16. The summed E-state index contributed by atoms with van der Waals surface area (Å²) in [6.45, 7) is 0. The van der Waals surface area contributed by atoms with Crippen molar-refractivity contribution in [2.45, 2.75) is 6.43 Å². The van der Waals surface area contributed by atoms with E-state index in [0.717, 1.165) is 0 Å². The molecule has 0 atom stereocenters. The van der Waals surface area contributed by atoms with Crippen molar-refractivity contribution in [2.75, 3.05) is 12.8 Å². The number of benzene rings is 1. The van der Waals surface area contributed by atoms with Crippen LogP contribution in [0.25, 0.3) is 5.69 Å². The minimum atomic E-state index is -2.73. The quantitative estimate of drug-likeness (QED) is 0.865. The standard InChI is InChI=1S/C12H11F2N3O2/c1-19-12(18)7-2-4-8(5-3-7)17-6-9(15)10(16-17)11(13)14/h2-6,11H,15H2,1H3. The minimum Gasteiger partial charge on any atom is -0.465 e. The number of anilines is 1. The number of hydrogen-bond donors (Lipinski definition) is 1. The molecule has 0 unspecified atom stereocenters. The molecule has 1 heterocycles. The largest absolute Gasteiger partial charge is 0.465 e. The molecule has 0 aliphatic rings. The maximum absolute atomic E-state index is 12.6. The Bertz CT molecular complexity index is 594. The summed E-state index contributed by atoms with van der Waals surface area (Å²) in [5, 5.41) is 3.70. The molecule has 0 fully saturated rings. The fourth-order valence-electron chi connectivity index (χ4n) is 1.57. The lowest BCUT2D eigenvalue weighted by atomic mass is 10.2. The number of alkyl halides is 2. The average molecular weight is 267 g/mol. The number of rotatable bonds is 3. The molecule has 2 aromatic rings. The molecule has 2 N–H and O–H groups in total. The van der Waals surface area contributed by atoms with Crippen LogP contribution in [0.15, 0.2) is 30.5 Å². The third-order valence-corrected chi connectivity index (χ3v) is 2.53. The number of nitrogens with two attached hydrogens (primary N) is 1. The summed E-state index contributed by atoms with van der Waals surface area (Å²) < 4.78 is 30.9. The van der Waals surface area contributed by atoms with E-state index in [-0.39, 0.29) is 5.69 Å². The predicted octanol–water partition coefficient (Wildman–Crippen LogP) is 2.18. The van der Waals surface area contributed by atoms with Gasteiger partial charge in [0, 0.05) is 0 Å². The second-order valence-electron chi connectivity index (χ2n) is 3.75. The van der Waals surface area contributed by atoms with Gasteiger partial charge in [-0.3, -0.25) is 0 Å². The monoisotopic (exact) mass is 267 g/mol. The summed E-state index contributed by atoms with van der Waals surface area (Å²) in [6, 6.07) is 6.16. The van der Waals surface area contributed by atoms with Gasteiger partial charge >= 0.3 is 5.97 Å². The molecule has 0 bridgehead atoms. The summed E-state index contributed by atoms with van der Waals surface area (Å²) in [5.41, 5.74) is 5.79. The second-order valence-corrected chi connectivity index (χ2v) is 3.75. The predicted molar refractivity (Wildman–Crippen MR) is 64.3 cm³/mol. The van der Waals surface area contributed by atoms with Crippen LogP contribution >= 0.6 is 0 Å². The Kier molecular flexibility index (Phi) is 3.46. The maximum Gasteiger partial charge on any atom is 0.337 e. The van der Waals surface area contributed by atoms with Gasteiger partial charge in [-0.15, -0.1) is 0 Å². The van der Waals surface area contributed by atoms with Crippen LogP contribution in [0.2, 0.25) is 0 Å². The van der Waals surface area contributed by atoms with Gasteiger partial charge in [-0.1, -0.05) is 0 Å². The Balaban J connectivity index is 2.32. The number of aromatic nitrogens is 2. The van der Waals surface area contributed by atoms with E-state index < -0.39 is 18.1 Å². The van der Waals surface area contributed by atoms with E-state index in [1.807, 2.05) is 0 Å². The molecule has 0 aliphatic heterocycles. The van der Waals surface area contributed by atoms with Gasteiger partial charge < -0.3 is 10.5 Å². The Hall–Kier alpha value is -2.44. The zero-order valence-electron chi connectivity index (χ0n) is 10.0. The van der Waals surface area contributed by atoms with Crippen molar-refractivity contribution in [1.82, 2.24) is 9.78 Å². The van der Waals surface area contributed by atoms with Gasteiger partial charge in [0.2, 0.25) is 0 Å². The van der Waals surface area contributed by atoms with E-state index in [1.54, 1.807) is 12.1 Å². The minimum absolute atomic E-state index is 0.0768. The lowest BCUT2D eigenvalue weighted by molar-refractivity contribution is 0.0600. The molecule has 0 saturated heterocycles. The lowest BCUT2D eigenvalue weighted by Crippen LogP contribution is -2.02. The number of methoxy groups -OCH3 is 1. The van der Waals surface area contributed by atoms with E-state index in [2.05, 4.69) is 9.84 Å². The van der Waals surface area contributed by atoms with Crippen LogP contribution in [0.3, 0.4) is 0 Å². The fourth-order valence-corrected chi connectivity index (χ4v) is 1.57. The highest BCUT2D eigenvalue weighted by atomic mass is 19.3. The molecule has 0 spiro atoms. The number of ether oxygens (including phenoxy) is 1. The summed E-state index contributed by atoms with van der Waals surface area (Å²) in [4.78, 5) is 11.2. The van der Waals surface area contributed by atoms with Crippen LogP contribution in [-0.2, 0) is 4.74 Å². The molecule has 100 valence electrons. The average Bonchev–Trinajstić information content (AvgIpc) is 2.80. The van der Waals surface area contributed by atoms with Crippen molar-refractivity contribution in [3.05, 3.63) is 41.7 Å². The molecule has 0 amide bonds. The number of nitrogens with zero attached hydrogens (tertiary/aromatic N) is 2. The van der Waals surface area contributed by atoms with Crippen LogP contribution in [0, 0.1) is 0 Å². The number of hydrogen-bond acceptors (Lipinski definition) is 4. The normalized spacial score (nSPS) is 10.7. The molecule has 0 aliphatic carbocycles. The van der Waals surface area contributed by atoms with Crippen molar-refractivity contribution < 1.29 is 18.3 Å². The maximum atomic E-state index is 12.6. The van der Waals surface area contributed by atoms with Crippen LogP contribution in [-0.4, -0.2) is 22.9 Å². The first-order valence-electron chi connectivity index (χ1n) is 5.35. The highest BCUT2D eigenvalue weighted by molar-refractivity contribution is 5.89. The molecular formula is C12H11F2N3O2. The van der Waals surface area contributed by atoms with Gasteiger partial charge in [-0.2, -0.15) is 5.10 Å². The van der Waals surface area contributed by atoms with Crippen LogP contribution in [0.1, 0.15) is 22.5 Å². The molecule has 7 heteroatoms. The number of esters is 1. The van der Waals surface area contributed by atoms with Crippen LogP contribution in [0.4, 0.5) is 14.5 Å². The number of nitrogen functional groups attached to an aromatic ring is 1. The fraction of sp³-hybridized carbons (Fsp3) is 0.167. The Morgan fingerprint density at radius 1 is 1.37 bits per heavy atom. The number of carbonyl (C=O) groups is 1. The van der Waals surface area contributed by atoms with E-state index >= 15 is 0 Å². The number of halogens is 2. The first kappa shape index (κ1) is 13.0. The van der Waals surface area contributed by atoms with Gasteiger partial charge in [0.25, 0.3) is 6.43 Å². The van der Waals surface area contributed by atoms with E-state index in [1.165, 1.54) is 30.1 Å². The second kappa shape index (κ2) is 5.05. The van der Waals surface area contributed by atoms with Gasteiger partial charge in [-0.05, 0) is 24.3 Å². The van der Waals surface area contributed by atoms with Crippen molar-refractivity contribution >= 4 is 11.7 Å². The first-order chi connectivity index (χ1) is 9.02. The van der Waals surface area contributed by atoms with Gasteiger partial charge in [0.05, 0.1) is 30.2 Å². The molecule has 2 rings (SSSR count). The van der Waals surface area contributed by atoms with E-state index in [0.29, 0.717) is 11.3 Å². The summed E-state index contributed by atoms with van der Waals surface area (Å²) in [5.74, 6) is -0.472. The van der Waals surface area contributed by atoms with E-state index in [9.17, 15) is 13.6 Å². The molecule has 19 heavy (non-hydrogen) atoms. The molecule has 1 aromatic heterocycles.